The molecule has 0 N–H and O–H groups in total. The summed E-state index contributed by atoms with van der Waals surface area (Å²) in [6.45, 7) is 4.75. The second kappa shape index (κ2) is 10.9. The fourth-order valence-corrected chi connectivity index (χ4v) is 5.00. The van der Waals surface area contributed by atoms with Crippen LogP contribution in [-0.4, -0.2) is 56.1 Å². The molecule has 0 spiro atoms. The van der Waals surface area contributed by atoms with Gasteiger partial charge in [0.25, 0.3) is 5.91 Å². The van der Waals surface area contributed by atoms with Gasteiger partial charge < -0.3 is 9.64 Å². The minimum atomic E-state index is -0.890. The van der Waals surface area contributed by atoms with Gasteiger partial charge in [0.05, 0.1) is 12.8 Å². The van der Waals surface area contributed by atoms with Gasteiger partial charge in [-0.1, -0.05) is 25.8 Å². The lowest BCUT2D eigenvalue weighted by atomic mass is 10.0. The Morgan fingerprint density at radius 1 is 1.05 bits per heavy atom. The Morgan fingerprint density at radius 2 is 1.85 bits per heavy atom. The van der Waals surface area contributed by atoms with Gasteiger partial charge in [-0.2, -0.15) is 5.10 Å². The summed E-state index contributed by atoms with van der Waals surface area (Å²) in [6, 6.07) is 9.12. The smallest absolute Gasteiger partial charge is 0.359 e. The average Bonchev–Trinajstić information content (AvgIpc) is 3.25. The average molecular weight is 534 g/mol. The van der Waals surface area contributed by atoms with Crippen molar-refractivity contribution in [2.24, 2.45) is 0 Å². The number of aryl methyl sites for hydroxylation is 1. The molecule has 0 unspecified atom stereocenters. The largest absolute Gasteiger partial charge is 0.464 e. The highest BCUT2D eigenvalue weighted by Gasteiger charge is 2.25. The third-order valence-corrected chi connectivity index (χ3v) is 7.19. The van der Waals surface area contributed by atoms with Crippen LogP contribution in [0.4, 0.5) is 8.78 Å². The maximum Gasteiger partial charge on any atom is 0.359 e. The van der Waals surface area contributed by atoms with Gasteiger partial charge in [0.2, 0.25) is 0 Å². The molecule has 4 heterocycles. The molecular formula is C29H29F2N5O3. The maximum absolute atomic E-state index is 15.3. The number of ether oxygens (including phenoxy) is 1. The van der Waals surface area contributed by atoms with Crippen molar-refractivity contribution in [1.29, 1.82) is 0 Å². The molecule has 1 atom stereocenters. The number of esters is 1. The Labute approximate surface area is 224 Å². The van der Waals surface area contributed by atoms with Gasteiger partial charge in [-0.15, -0.1) is 0 Å². The summed E-state index contributed by atoms with van der Waals surface area (Å²) in [7, 11) is 1.14. The van der Waals surface area contributed by atoms with E-state index >= 15 is 4.39 Å². The number of halogens is 2. The van der Waals surface area contributed by atoms with Crippen molar-refractivity contribution in [3.63, 3.8) is 0 Å². The molecule has 8 nitrogen and oxygen atoms in total. The van der Waals surface area contributed by atoms with Crippen molar-refractivity contribution in [2.45, 2.75) is 52.0 Å². The number of aromatic nitrogens is 4. The summed E-state index contributed by atoms with van der Waals surface area (Å²) in [4.78, 5) is 35.3. The van der Waals surface area contributed by atoms with E-state index in [-0.39, 0.29) is 17.5 Å². The fraction of sp³-hybridized carbons (Fsp3) is 0.345. The number of hydrogen-bond donors (Lipinski definition) is 0. The molecule has 1 fully saturated rings. The lowest BCUT2D eigenvalue weighted by Crippen LogP contribution is -2.38. The highest BCUT2D eigenvalue weighted by molar-refractivity contribution is 5.93. The normalized spacial score (nSPS) is 15.8. The van der Waals surface area contributed by atoms with Crippen LogP contribution in [0.3, 0.4) is 0 Å². The van der Waals surface area contributed by atoms with E-state index in [2.05, 4.69) is 26.7 Å². The topological polar surface area (TPSA) is 89.7 Å². The molecule has 1 aliphatic rings. The minimum absolute atomic E-state index is 0.0982. The molecule has 4 aromatic rings. The van der Waals surface area contributed by atoms with Gasteiger partial charge in [-0.05, 0) is 56.0 Å². The molecular weight excluding hydrogens is 504 g/mol. The van der Waals surface area contributed by atoms with Crippen LogP contribution in [0, 0.1) is 11.6 Å². The molecule has 0 saturated carbocycles. The van der Waals surface area contributed by atoms with Crippen LogP contribution in [0.2, 0.25) is 0 Å². The number of nitrogens with zero attached hydrogens (tertiary/aromatic N) is 5. The van der Waals surface area contributed by atoms with Gasteiger partial charge in [0, 0.05) is 41.7 Å². The molecule has 10 heteroatoms. The number of pyridine rings is 1. The highest BCUT2D eigenvalue weighted by atomic mass is 19.1. The summed E-state index contributed by atoms with van der Waals surface area (Å²) in [6.07, 6.45) is 6.06. The van der Waals surface area contributed by atoms with Crippen molar-refractivity contribution in [2.75, 3.05) is 13.7 Å². The Balaban J connectivity index is 1.48. The van der Waals surface area contributed by atoms with Gasteiger partial charge in [-0.25, -0.2) is 28.1 Å². The number of rotatable bonds is 5. The quantitative estimate of drug-likeness (QED) is 0.315. The van der Waals surface area contributed by atoms with Crippen LogP contribution in [-0.2, 0) is 11.2 Å². The SMILES string of the molecule is CCc1cc(C(=O)N2CCCCC[C@H]2C)nc2cc(-c3ccc(-c4cnc(C(=O)OC)c(F)c4)cc3F)nn12. The first-order valence-electron chi connectivity index (χ1n) is 13.1. The molecule has 3 aromatic heterocycles. The predicted molar refractivity (Wildman–Crippen MR) is 141 cm³/mol. The zero-order valence-corrected chi connectivity index (χ0v) is 22.1. The molecule has 39 heavy (non-hydrogen) atoms. The number of likely N-dealkylation sites (tertiary alicyclic amines) is 1. The Hall–Kier alpha value is -4.21. The summed E-state index contributed by atoms with van der Waals surface area (Å²) < 4.78 is 35.8. The van der Waals surface area contributed by atoms with Gasteiger partial charge in [-0.3, -0.25) is 4.79 Å². The van der Waals surface area contributed by atoms with Crippen LogP contribution in [0.1, 0.15) is 66.2 Å². The molecule has 0 bridgehead atoms. The number of methoxy groups -OCH3 is 1. The number of carbonyl (C=O) groups is 2. The standard InChI is InChI=1S/C29H29F2N5O3/c1-4-20-14-25(28(37)35-11-7-5-6-8-17(35)2)33-26-15-24(34-36(20)26)21-10-9-18(12-22(21)30)19-13-23(31)27(32-16-19)29(38)39-3/h9-10,12-17H,4-8,11H2,1-3H3/t17-/m1/s1. The lowest BCUT2D eigenvalue weighted by molar-refractivity contribution is 0.0587. The molecule has 5 rings (SSSR count). The molecule has 202 valence electrons. The zero-order valence-electron chi connectivity index (χ0n) is 22.1. The summed E-state index contributed by atoms with van der Waals surface area (Å²) in [5, 5.41) is 4.58. The number of hydrogen-bond acceptors (Lipinski definition) is 6. The van der Waals surface area contributed by atoms with Crippen molar-refractivity contribution in [1.82, 2.24) is 24.5 Å². The molecule has 1 amide bonds. The monoisotopic (exact) mass is 533 g/mol. The molecule has 1 saturated heterocycles. The van der Waals surface area contributed by atoms with E-state index in [1.807, 2.05) is 11.8 Å². The number of carbonyl (C=O) groups excluding carboxylic acids is 2. The van der Waals surface area contributed by atoms with Crippen LogP contribution < -0.4 is 0 Å². The first-order valence-corrected chi connectivity index (χ1v) is 13.1. The van der Waals surface area contributed by atoms with E-state index in [0.717, 1.165) is 44.6 Å². The van der Waals surface area contributed by atoms with Crippen LogP contribution in [0.5, 0.6) is 0 Å². The second-order valence-corrected chi connectivity index (χ2v) is 9.72. The summed E-state index contributed by atoms with van der Waals surface area (Å²) in [5.41, 5.74) is 2.46. The van der Waals surface area contributed by atoms with Gasteiger partial charge in [0.15, 0.2) is 17.2 Å². The first kappa shape index (κ1) is 26.4. The van der Waals surface area contributed by atoms with E-state index in [0.29, 0.717) is 41.1 Å². The van der Waals surface area contributed by atoms with Crippen molar-refractivity contribution in [3.05, 3.63) is 71.3 Å². The van der Waals surface area contributed by atoms with Gasteiger partial charge >= 0.3 is 5.97 Å². The maximum atomic E-state index is 15.3. The van der Waals surface area contributed by atoms with Crippen molar-refractivity contribution < 1.29 is 23.1 Å². The minimum Gasteiger partial charge on any atom is -0.464 e. The third kappa shape index (κ3) is 5.10. The predicted octanol–water partition coefficient (Wildman–Crippen LogP) is 5.49. The van der Waals surface area contributed by atoms with E-state index in [1.54, 1.807) is 28.8 Å². The van der Waals surface area contributed by atoms with Crippen molar-refractivity contribution >= 4 is 17.5 Å². The Kier molecular flexibility index (Phi) is 7.36. The van der Waals surface area contributed by atoms with Crippen LogP contribution in [0.15, 0.2) is 42.6 Å². The Bertz CT molecular complexity index is 1570. The summed E-state index contributed by atoms with van der Waals surface area (Å²) in [5.74, 6) is -2.42. The third-order valence-electron chi connectivity index (χ3n) is 7.19. The first-order chi connectivity index (χ1) is 18.8. The number of fused-ring (bicyclic) bond motifs is 1. The van der Waals surface area contributed by atoms with Crippen LogP contribution >= 0.6 is 0 Å². The lowest BCUT2D eigenvalue weighted by Gasteiger charge is -2.27. The van der Waals surface area contributed by atoms with Crippen molar-refractivity contribution in [3.8, 4) is 22.4 Å². The second-order valence-electron chi connectivity index (χ2n) is 9.72. The van der Waals surface area contributed by atoms with E-state index < -0.39 is 23.3 Å². The number of amides is 1. The molecule has 1 aromatic carbocycles. The molecule has 0 aliphatic carbocycles. The van der Waals surface area contributed by atoms with E-state index in [9.17, 15) is 14.0 Å². The summed E-state index contributed by atoms with van der Waals surface area (Å²) >= 11 is 0. The van der Waals surface area contributed by atoms with E-state index in [1.165, 1.54) is 12.3 Å². The molecule has 0 radical (unpaired) electrons. The van der Waals surface area contributed by atoms with Gasteiger partial charge in [0.1, 0.15) is 11.5 Å². The van der Waals surface area contributed by atoms with Crippen LogP contribution in [0.25, 0.3) is 28.0 Å². The molecule has 1 aliphatic heterocycles. The fourth-order valence-electron chi connectivity index (χ4n) is 5.00. The number of benzene rings is 1. The Morgan fingerprint density at radius 3 is 2.56 bits per heavy atom. The van der Waals surface area contributed by atoms with E-state index in [4.69, 9.17) is 0 Å². The highest BCUT2D eigenvalue weighted by Crippen LogP contribution is 2.29. The zero-order chi connectivity index (χ0) is 27.7.